The standard InChI is InChI=1S/C67H57BN2/c1-2-19-44(20-3-1)45-35-51-53-39-47(66-33-13-17-43(41-66)18-14-34-66)38-52-50-37-46(65-31-11-15-42(40-65)16-12-32-65)29-30-59(50)70(63(52)53)68-58-27-10-26-57-64(58)69(61(36-45)62(51)68)60-28-9-8-25-56(60)67(57)54-23-6-4-21-48(54)49-22-5-7-24-55(49)67/h1-10,19-30,35-39,42-43H,11-18,31-34,40-41H2. The molecule has 4 bridgehead atoms. The highest BCUT2D eigenvalue weighted by molar-refractivity contribution is 6.90. The van der Waals surface area contributed by atoms with E-state index < -0.39 is 5.41 Å². The van der Waals surface area contributed by atoms with Gasteiger partial charge in [-0.25, -0.2) is 0 Å². The molecule has 8 aromatic carbocycles. The first-order valence-electron chi connectivity index (χ1n) is 27.2. The molecule has 0 atom stereocenters. The molecular weight excluding hydrogens is 844 g/mol. The minimum Gasteiger partial charge on any atom is -0.375 e. The van der Waals surface area contributed by atoms with Gasteiger partial charge in [-0.15, -0.1) is 0 Å². The van der Waals surface area contributed by atoms with Gasteiger partial charge < -0.3 is 9.38 Å². The number of fused-ring (bicyclic) bond motifs is 20. The summed E-state index contributed by atoms with van der Waals surface area (Å²) >= 11 is 0. The van der Waals surface area contributed by atoms with Gasteiger partial charge in [-0.05, 0) is 176 Å². The second kappa shape index (κ2) is 13.8. The van der Waals surface area contributed by atoms with Gasteiger partial charge >= 0.3 is 6.85 Å². The molecule has 0 saturated heterocycles. The molecule has 8 aliphatic rings. The van der Waals surface area contributed by atoms with Crippen LogP contribution in [0.5, 0.6) is 0 Å². The maximum Gasteiger partial charge on any atom is 0.333 e. The number of nitrogens with zero attached hydrogens (tertiary/aromatic N) is 2. The highest BCUT2D eigenvalue weighted by Gasteiger charge is 2.55. The summed E-state index contributed by atoms with van der Waals surface area (Å²) in [6, 6.07) is 65.5. The number of hydrogen-bond acceptors (Lipinski definition) is 1. The fourth-order valence-corrected chi connectivity index (χ4v) is 17.7. The van der Waals surface area contributed by atoms with E-state index >= 15 is 0 Å². The van der Waals surface area contributed by atoms with E-state index in [0.717, 1.165) is 11.8 Å². The molecule has 0 N–H and O–H groups in total. The highest BCUT2D eigenvalue weighted by Crippen LogP contribution is 2.64. The van der Waals surface area contributed by atoms with Crippen LogP contribution in [0.2, 0.25) is 0 Å². The molecule has 338 valence electrons. The molecule has 1 spiro atoms. The maximum atomic E-state index is 2.88. The van der Waals surface area contributed by atoms with E-state index in [0.29, 0.717) is 5.41 Å². The fourth-order valence-electron chi connectivity index (χ4n) is 17.7. The van der Waals surface area contributed by atoms with Gasteiger partial charge in [0.1, 0.15) is 0 Å². The third-order valence-corrected chi connectivity index (χ3v) is 20.4. The van der Waals surface area contributed by atoms with Crippen LogP contribution in [0.25, 0.3) is 55.2 Å². The second-order valence-corrected chi connectivity index (χ2v) is 23.5. The van der Waals surface area contributed by atoms with E-state index in [-0.39, 0.29) is 12.3 Å². The van der Waals surface area contributed by atoms with Crippen LogP contribution < -0.4 is 15.8 Å². The summed E-state index contributed by atoms with van der Waals surface area (Å²) in [5, 5.41) is 2.98. The Morgan fingerprint density at radius 1 is 0.443 bits per heavy atom. The summed E-state index contributed by atoms with van der Waals surface area (Å²) in [6.07, 6.45) is 19.2. The smallest absolute Gasteiger partial charge is 0.333 e. The Morgan fingerprint density at radius 2 is 1.06 bits per heavy atom. The van der Waals surface area contributed by atoms with E-state index in [1.165, 1.54) is 195 Å². The van der Waals surface area contributed by atoms with Gasteiger partial charge in [-0.1, -0.05) is 173 Å². The quantitative estimate of drug-likeness (QED) is 0.160. The monoisotopic (exact) mass is 900 g/mol. The zero-order chi connectivity index (χ0) is 45.5. The minimum atomic E-state index is -0.470. The molecule has 1 aromatic heterocycles. The lowest BCUT2D eigenvalue weighted by Gasteiger charge is -2.50. The minimum absolute atomic E-state index is 0.00163. The van der Waals surface area contributed by atoms with Crippen molar-refractivity contribution < 1.29 is 0 Å². The molecule has 0 unspecified atom stereocenters. The molecule has 4 saturated carbocycles. The van der Waals surface area contributed by atoms with Crippen LogP contribution in [0.15, 0.2) is 164 Å². The first kappa shape index (κ1) is 39.2. The third-order valence-electron chi connectivity index (χ3n) is 20.4. The van der Waals surface area contributed by atoms with Crippen molar-refractivity contribution in [2.45, 2.75) is 106 Å². The van der Waals surface area contributed by atoms with Crippen molar-refractivity contribution in [3.63, 3.8) is 0 Å². The van der Waals surface area contributed by atoms with Crippen LogP contribution in [-0.2, 0) is 16.2 Å². The molecule has 9 aromatic rings. The zero-order valence-corrected chi connectivity index (χ0v) is 40.1. The molecule has 3 aliphatic heterocycles. The Bertz CT molecular complexity index is 3680. The molecule has 3 heteroatoms. The first-order valence-corrected chi connectivity index (χ1v) is 27.2. The molecule has 2 nitrogen and oxygen atoms in total. The van der Waals surface area contributed by atoms with Crippen molar-refractivity contribution in [3.05, 3.63) is 197 Å². The molecule has 0 radical (unpaired) electrons. The van der Waals surface area contributed by atoms with Crippen molar-refractivity contribution in [2.24, 2.45) is 11.8 Å². The average Bonchev–Trinajstić information content (AvgIpc) is 3.90. The molecule has 17 rings (SSSR count). The lowest BCUT2D eigenvalue weighted by Crippen LogP contribution is -2.58. The van der Waals surface area contributed by atoms with Crippen LogP contribution in [0, 0.1) is 11.8 Å². The van der Waals surface area contributed by atoms with E-state index in [1.54, 1.807) is 11.1 Å². The van der Waals surface area contributed by atoms with Crippen LogP contribution in [0.1, 0.15) is 123 Å². The normalized spacial score (nSPS) is 24.5. The topological polar surface area (TPSA) is 8.17 Å². The first-order chi connectivity index (χ1) is 34.6. The number of hydrogen-bond donors (Lipinski definition) is 0. The van der Waals surface area contributed by atoms with Crippen molar-refractivity contribution in [2.75, 3.05) is 4.90 Å². The van der Waals surface area contributed by atoms with Gasteiger partial charge in [0, 0.05) is 38.7 Å². The summed E-state index contributed by atoms with van der Waals surface area (Å²) in [5.41, 5.74) is 26.7. The molecule has 0 amide bonds. The number of anilines is 3. The number of rotatable bonds is 3. The van der Waals surface area contributed by atoms with Gasteiger partial charge in [0.2, 0.25) is 0 Å². The molecule has 70 heavy (non-hydrogen) atoms. The molecular formula is C67H57BN2. The fraction of sp³-hybridized carbons (Fsp3) is 0.284. The van der Waals surface area contributed by atoms with Gasteiger partial charge in [-0.2, -0.15) is 0 Å². The average molecular weight is 901 g/mol. The predicted molar refractivity (Wildman–Crippen MR) is 291 cm³/mol. The predicted octanol–water partition coefficient (Wildman–Crippen LogP) is 15.8. The number of aromatic nitrogens is 1. The Balaban J connectivity index is 1.02. The van der Waals surface area contributed by atoms with Crippen molar-refractivity contribution in [1.82, 2.24) is 4.48 Å². The molecule has 4 heterocycles. The van der Waals surface area contributed by atoms with Gasteiger partial charge in [0.25, 0.3) is 0 Å². The highest BCUT2D eigenvalue weighted by atomic mass is 15.2. The largest absolute Gasteiger partial charge is 0.375 e. The van der Waals surface area contributed by atoms with Crippen LogP contribution in [-0.4, -0.2) is 11.3 Å². The Labute approximate surface area is 412 Å². The molecule has 4 fully saturated rings. The second-order valence-electron chi connectivity index (χ2n) is 23.5. The van der Waals surface area contributed by atoms with Gasteiger partial charge in [0.15, 0.2) is 0 Å². The summed E-state index contributed by atoms with van der Waals surface area (Å²) in [7, 11) is 0. The van der Waals surface area contributed by atoms with E-state index in [9.17, 15) is 0 Å². The van der Waals surface area contributed by atoms with Gasteiger partial charge in [-0.3, -0.25) is 0 Å². The number of para-hydroxylation sites is 2. The Kier molecular flexibility index (Phi) is 7.75. The summed E-state index contributed by atoms with van der Waals surface area (Å²) in [6.45, 7) is -0.00163. The Hall–Kier alpha value is -6.58. The maximum absolute atomic E-state index is 2.88. The number of benzene rings is 8. The molecule has 5 aliphatic carbocycles. The van der Waals surface area contributed by atoms with Crippen LogP contribution >= 0.6 is 0 Å². The lowest BCUT2D eigenvalue weighted by atomic mass is 9.43. The summed E-state index contributed by atoms with van der Waals surface area (Å²) < 4.78 is 2.88. The summed E-state index contributed by atoms with van der Waals surface area (Å²) in [4.78, 5) is 2.74. The van der Waals surface area contributed by atoms with Crippen LogP contribution in [0.3, 0.4) is 0 Å². The van der Waals surface area contributed by atoms with Gasteiger partial charge in [0.05, 0.1) is 11.1 Å². The van der Waals surface area contributed by atoms with E-state index in [1.807, 2.05) is 0 Å². The van der Waals surface area contributed by atoms with Crippen molar-refractivity contribution in [1.29, 1.82) is 0 Å². The third kappa shape index (κ3) is 4.83. The van der Waals surface area contributed by atoms with Crippen molar-refractivity contribution in [3.8, 4) is 33.4 Å². The zero-order valence-electron chi connectivity index (χ0n) is 40.1. The van der Waals surface area contributed by atoms with E-state index in [2.05, 4.69) is 173 Å². The Morgan fingerprint density at radius 3 is 1.77 bits per heavy atom. The van der Waals surface area contributed by atoms with E-state index in [4.69, 9.17) is 0 Å². The SMILES string of the molecule is c1ccc(-c2cc3c4c(c2)N2c5ccccc5C5(c6ccccc6-c6ccccc65)c5cccc(c52)B4n2c4ccc(C56CCCC(CCC5)C6)cc4c4cc(C56CCCC(CCC5)C6)cc-3c42)cc1. The van der Waals surface area contributed by atoms with Crippen molar-refractivity contribution >= 4 is 56.6 Å². The lowest BCUT2D eigenvalue weighted by molar-refractivity contribution is 0.149. The van der Waals surface area contributed by atoms with Crippen LogP contribution in [0.4, 0.5) is 17.1 Å². The summed E-state index contributed by atoms with van der Waals surface area (Å²) in [5.74, 6) is 1.75.